The molecule has 2 heteroatoms. The predicted octanol–water partition coefficient (Wildman–Crippen LogP) is 4.30. The summed E-state index contributed by atoms with van der Waals surface area (Å²) < 4.78 is 5.67. The van der Waals surface area contributed by atoms with E-state index in [4.69, 9.17) is 4.74 Å². The Morgan fingerprint density at radius 2 is 2.09 bits per heavy atom. The number of benzene rings is 1. The van der Waals surface area contributed by atoms with E-state index in [2.05, 4.69) is 25.1 Å². The summed E-state index contributed by atoms with van der Waals surface area (Å²) in [4.78, 5) is 0. The minimum Gasteiger partial charge on any atom is -0.494 e. The molecule has 3 aliphatic rings. The van der Waals surface area contributed by atoms with Crippen LogP contribution in [-0.2, 0) is 6.42 Å². The van der Waals surface area contributed by atoms with E-state index >= 15 is 0 Å². The van der Waals surface area contributed by atoms with Crippen LogP contribution in [-0.4, -0.2) is 17.8 Å². The average Bonchev–Trinajstić information content (AvgIpc) is 2.83. The summed E-state index contributed by atoms with van der Waals surface area (Å²) in [5.74, 6) is 3.24. The molecule has 3 aliphatic carbocycles. The van der Waals surface area contributed by atoms with Crippen LogP contribution in [0.1, 0.15) is 63.0 Å². The lowest BCUT2D eigenvalue weighted by Gasteiger charge is -2.50. The van der Waals surface area contributed by atoms with Crippen molar-refractivity contribution in [2.45, 2.75) is 64.4 Å². The van der Waals surface area contributed by atoms with Crippen molar-refractivity contribution in [3.05, 3.63) is 29.3 Å². The molecule has 22 heavy (non-hydrogen) atoms. The second-order valence-corrected chi connectivity index (χ2v) is 7.85. The van der Waals surface area contributed by atoms with Gasteiger partial charge in [0.25, 0.3) is 0 Å². The van der Waals surface area contributed by atoms with Crippen LogP contribution in [0.5, 0.6) is 5.75 Å². The van der Waals surface area contributed by atoms with Gasteiger partial charge in [-0.3, -0.25) is 0 Å². The molecule has 1 aromatic rings. The van der Waals surface area contributed by atoms with Gasteiger partial charge >= 0.3 is 0 Å². The summed E-state index contributed by atoms with van der Waals surface area (Å²) in [5.41, 5.74) is 3.27. The summed E-state index contributed by atoms with van der Waals surface area (Å²) >= 11 is 0. The molecule has 2 saturated carbocycles. The van der Waals surface area contributed by atoms with Crippen molar-refractivity contribution in [2.24, 2.45) is 17.3 Å². The third-order valence-corrected chi connectivity index (χ3v) is 6.96. The fourth-order valence-electron chi connectivity index (χ4n) is 5.79. The van der Waals surface area contributed by atoms with Crippen molar-refractivity contribution >= 4 is 0 Å². The van der Waals surface area contributed by atoms with E-state index in [1.165, 1.54) is 37.7 Å². The molecule has 0 heterocycles. The summed E-state index contributed by atoms with van der Waals surface area (Å²) in [5, 5.41) is 10.4. The Hall–Kier alpha value is -1.02. The van der Waals surface area contributed by atoms with Gasteiger partial charge in [-0.2, -0.15) is 0 Å². The maximum Gasteiger partial charge on any atom is 0.119 e. The molecule has 5 atom stereocenters. The van der Waals surface area contributed by atoms with Gasteiger partial charge in [0.1, 0.15) is 5.75 Å². The van der Waals surface area contributed by atoms with Crippen molar-refractivity contribution in [2.75, 3.05) is 6.61 Å². The zero-order valence-electron chi connectivity index (χ0n) is 13.8. The summed E-state index contributed by atoms with van der Waals surface area (Å²) in [6.07, 6.45) is 7.08. The van der Waals surface area contributed by atoms with Crippen LogP contribution < -0.4 is 4.74 Å². The van der Waals surface area contributed by atoms with Gasteiger partial charge in [0, 0.05) is 0 Å². The van der Waals surface area contributed by atoms with Gasteiger partial charge in [-0.1, -0.05) is 13.0 Å². The summed E-state index contributed by atoms with van der Waals surface area (Å²) in [6.45, 7) is 5.13. The highest BCUT2D eigenvalue weighted by Gasteiger charge is 2.54. The molecule has 120 valence electrons. The Morgan fingerprint density at radius 3 is 2.91 bits per heavy atom. The Bertz CT molecular complexity index is 567. The van der Waals surface area contributed by atoms with E-state index in [1.54, 1.807) is 5.56 Å². The minimum atomic E-state index is -0.0693. The van der Waals surface area contributed by atoms with Crippen LogP contribution in [0.4, 0.5) is 0 Å². The van der Waals surface area contributed by atoms with Crippen LogP contribution in [0.2, 0.25) is 0 Å². The summed E-state index contributed by atoms with van der Waals surface area (Å²) in [6, 6.07) is 6.75. The van der Waals surface area contributed by atoms with Crippen LogP contribution in [0.3, 0.4) is 0 Å². The second-order valence-electron chi connectivity index (χ2n) is 7.85. The third kappa shape index (κ3) is 2.03. The predicted molar refractivity (Wildman–Crippen MR) is 88.2 cm³/mol. The number of aliphatic hydroxyl groups excluding tert-OH is 1. The molecule has 0 amide bonds. The average molecular weight is 300 g/mol. The fourth-order valence-corrected chi connectivity index (χ4v) is 5.79. The fraction of sp³-hybridized carbons (Fsp3) is 0.700. The number of aliphatic hydroxyl groups is 1. The first kappa shape index (κ1) is 14.6. The largest absolute Gasteiger partial charge is 0.494 e. The van der Waals surface area contributed by atoms with Gasteiger partial charge in [0.2, 0.25) is 0 Å². The molecule has 2 fully saturated rings. The zero-order chi connectivity index (χ0) is 15.3. The van der Waals surface area contributed by atoms with Crippen LogP contribution >= 0.6 is 0 Å². The smallest absolute Gasteiger partial charge is 0.119 e. The highest BCUT2D eigenvalue weighted by Crippen LogP contribution is 2.60. The monoisotopic (exact) mass is 300 g/mol. The SMILES string of the molecule is CCOc1ccc2c(c1)CC[C@@H]1[C@@H]2CC[C@]2(C)C(O)CC[C@@H]12. The lowest BCUT2D eigenvalue weighted by molar-refractivity contribution is -0.0226. The van der Waals surface area contributed by atoms with Crippen molar-refractivity contribution in [1.82, 2.24) is 0 Å². The van der Waals surface area contributed by atoms with Gasteiger partial charge in [-0.25, -0.2) is 0 Å². The molecule has 1 aromatic carbocycles. The van der Waals surface area contributed by atoms with Crippen molar-refractivity contribution in [3.8, 4) is 5.75 Å². The third-order valence-electron chi connectivity index (χ3n) is 6.96. The highest BCUT2D eigenvalue weighted by molar-refractivity contribution is 5.40. The molecule has 4 rings (SSSR count). The topological polar surface area (TPSA) is 29.5 Å². The molecule has 1 unspecified atom stereocenters. The Balaban J connectivity index is 1.64. The van der Waals surface area contributed by atoms with Gasteiger partial charge < -0.3 is 9.84 Å². The van der Waals surface area contributed by atoms with E-state index in [0.29, 0.717) is 5.92 Å². The summed E-state index contributed by atoms with van der Waals surface area (Å²) in [7, 11) is 0. The Morgan fingerprint density at radius 1 is 1.23 bits per heavy atom. The van der Waals surface area contributed by atoms with Gasteiger partial charge in [-0.05, 0) is 91.9 Å². The van der Waals surface area contributed by atoms with Gasteiger partial charge in [0.05, 0.1) is 12.7 Å². The molecule has 0 radical (unpaired) electrons. The second kappa shape index (κ2) is 5.26. The number of ether oxygens (including phenoxy) is 1. The zero-order valence-corrected chi connectivity index (χ0v) is 13.8. The molecule has 1 N–H and O–H groups in total. The maximum atomic E-state index is 10.4. The maximum absolute atomic E-state index is 10.4. The van der Waals surface area contributed by atoms with Crippen molar-refractivity contribution in [3.63, 3.8) is 0 Å². The normalized spacial score (nSPS) is 39.8. The quantitative estimate of drug-likeness (QED) is 0.882. The first-order valence-electron chi connectivity index (χ1n) is 9.07. The number of rotatable bonds is 2. The van der Waals surface area contributed by atoms with E-state index < -0.39 is 0 Å². The molecular formula is C20H28O2. The lowest BCUT2D eigenvalue weighted by Crippen LogP contribution is -2.43. The molecule has 0 saturated heterocycles. The van der Waals surface area contributed by atoms with E-state index in [9.17, 15) is 5.11 Å². The Labute approximate surface area is 133 Å². The molecule has 0 bridgehead atoms. The molecule has 0 aromatic heterocycles. The van der Waals surface area contributed by atoms with Crippen LogP contribution in [0.25, 0.3) is 0 Å². The van der Waals surface area contributed by atoms with Crippen molar-refractivity contribution in [1.29, 1.82) is 0 Å². The molecule has 2 nitrogen and oxygen atoms in total. The lowest BCUT2D eigenvalue weighted by atomic mass is 9.55. The number of hydrogen-bond acceptors (Lipinski definition) is 2. The molecular weight excluding hydrogens is 272 g/mol. The van der Waals surface area contributed by atoms with Crippen LogP contribution in [0.15, 0.2) is 18.2 Å². The van der Waals surface area contributed by atoms with Crippen LogP contribution in [0, 0.1) is 17.3 Å². The molecule has 0 aliphatic heterocycles. The first-order chi connectivity index (χ1) is 10.6. The van der Waals surface area contributed by atoms with Crippen molar-refractivity contribution < 1.29 is 9.84 Å². The molecule has 0 spiro atoms. The Kier molecular flexibility index (Phi) is 3.48. The first-order valence-corrected chi connectivity index (χ1v) is 9.07. The number of aryl methyl sites for hydroxylation is 1. The highest BCUT2D eigenvalue weighted by atomic mass is 16.5. The number of fused-ring (bicyclic) bond motifs is 5. The van der Waals surface area contributed by atoms with E-state index in [-0.39, 0.29) is 11.5 Å². The standard InChI is InChI=1S/C20H28O2/c1-3-22-14-5-7-15-13(12-14)4-6-17-16(15)10-11-20(2)18(17)8-9-19(20)21/h5,7,12,16-19,21H,3-4,6,8-11H2,1-2H3/t16-,17-,18+,19?,20+/m1/s1. The van der Waals surface area contributed by atoms with E-state index in [1.807, 2.05) is 6.92 Å². The van der Waals surface area contributed by atoms with E-state index in [0.717, 1.165) is 30.6 Å². The number of hydrogen-bond donors (Lipinski definition) is 1. The van der Waals surface area contributed by atoms with Gasteiger partial charge in [-0.15, -0.1) is 0 Å². The minimum absolute atomic E-state index is 0.0693. The van der Waals surface area contributed by atoms with Gasteiger partial charge in [0.15, 0.2) is 0 Å².